The van der Waals surface area contributed by atoms with Crippen molar-refractivity contribution in [2.24, 2.45) is 11.7 Å². The fourth-order valence-corrected chi connectivity index (χ4v) is 2.86. The monoisotopic (exact) mass is 440 g/mol. The lowest BCUT2D eigenvalue weighted by atomic mass is 9.97. The Morgan fingerprint density at radius 2 is 1.97 bits per heavy atom. The first kappa shape index (κ1) is 22.2. The van der Waals surface area contributed by atoms with Crippen molar-refractivity contribution in [2.45, 2.75) is 20.3 Å². The van der Waals surface area contributed by atoms with Crippen LogP contribution in [0, 0.1) is 11.3 Å². The summed E-state index contributed by atoms with van der Waals surface area (Å²) in [6.45, 7) is 3.66. The van der Waals surface area contributed by atoms with Gasteiger partial charge in [0.2, 0.25) is 17.6 Å². The predicted octanol–water partition coefficient (Wildman–Crippen LogP) is 1.62. The molecule has 6 N–H and O–H groups in total. The summed E-state index contributed by atoms with van der Waals surface area (Å²) in [6.07, 6.45) is 1.84. The molecule has 0 aliphatic carbocycles. The quantitative estimate of drug-likeness (QED) is 0.302. The largest absolute Gasteiger partial charge is 0.436 e. The molecule has 1 atom stereocenters. The second kappa shape index (κ2) is 8.93. The smallest absolute Gasteiger partial charge is 0.349 e. The molecule has 1 aromatic carbocycles. The van der Waals surface area contributed by atoms with Crippen LogP contribution in [0.5, 0.6) is 5.75 Å². The van der Waals surface area contributed by atoms with Crippen LogP contribution in [0.3, 0.4) is 0 Å². The molecule has 10 nitrogen and oxygen atoms in total. The number of amides is 1. The lowest BCUT2D eigenvalue weighted by Gasteiger charge is -2.13. The summed E-state index contributed by atoms with van der Waals surface area (Å²) < 4.78 is 6.16. The first-order valence-corrected chi connectivity index (χ1v) is 9.07. The van der Waals surface area contributed by atoms with Crippen molar-refractivity contribution in [3.63, 3.8) is 0 Å². The van der Waals surface area contributed by atoms with Crippen molar-refractivity contribution in [1.29, 1.82) is 5.41 Å². The molecule has 0 saturated carbocycles. The maximum Gasteiger partial charge on any atom is 0.349 e. The highest BCUT2D eigenvalue weighted by molar-refractivity contribution is 6.37. The van der Waals surface area contributed by atoms with Gasteiger partial charge in [-0.1, -0.05) is 37.0 Å². The SMILES string of the molecule is CCC(C)/C(=C/C(=N)Oc1c(Cl)cc(-n2nc(N)c(=O)[nH]c2=O)cc1Cl)C(N)=O. The molecule has 0 aliphatic rings. The van der Waals surface area contributed by atoms with Crippen LogP contribution in [0.25, 0.3) is 5.69 Å². The lowest BCUT2D eigenvalue weighted by molar-refractivity contribution is -0.115. The van der Waals surface area contributed by atoms with Crippen molar-refractivity contribution >= 4 is 40.8 Å². The molecule has 2 rings (SSSR count). The zero-order valence-corrected chi connectivity index (χ0v) is 17.0. The third-order valence-corrected chi connectivity index (χ3v) is 4.57. The van der Waals surface area contributed by atoms with Gasteiger partial charge in [-0.2, -0.15) is 4.68 Å². The number of hydrogen-bond acceptors (Lipinski definition) is 7. The molecule has 12 heteroatoms. The first-order valence-electron chi connectivity index (χ1n) is 8.31. The second-order valence-electron chi connectivity index (χ2n) is 6.03. The number of nitrogens with zero attached hydrogens (tertiary/aromatic N) is 2. The predicted molar refractivity (Wildman–Crippen MR) is 110 cm³/mol. The van der Waals surface area contributed by atoms with Gasteiger partial charge in [-0.25, -0.2) is 4.79 Å². The van der Waals surface area contributed by atoms with Gasteiger partial charge in [0.25, 0.3) is 5.56 Å². The van der Waals surface area contributed by atoms with Gasteiger partial charge in [0.05, 0.1) is 15.7 Å². The van der Waals surface area contributed by atoms with Gasteiger partial charge in [0.1, 0.15) is 0 Å². The van der Waals surface area contributed by atoms with E-state index in [0.717, 1.165) is 4.68 Å². The van der Waals surface area contributed by atoms with Crippen LogP contribution < -0.4 is 27.5 Å². The van der Waals surface area contributed by atoms with Crippen LogP contribution in [0.4, 0.5) is 5.82 Å². The van der Waals surface area contributed by atoms with Gasteiger partial charge in [-0.3, -0.25) is 20.0 Å². The minimum atomic E-state index is -0.847. The number of benzene rings is 1. The molecule has 154 valence electrons. The molecule has 0 fully saturated rings. The number of H-pyrrole nitrogens is 1. The number of aromatic nitrogens is 3. The molecule has 2 aromatic rings. The average Bonchev–Trinajstić information content (AvgIpc) is 2.64. The number of rotatable bonds is 6. The summed E-state index contributed by atoms with van der Waals surface area (Å²) in [6, 6.07) is 2.57. The van der Waals surface area contributed by atoms with E-state index in [9.17, 15) is 14.4 Å². The summed E-state index contributed by atoms with van der Waals surface area (Å²) >= 11 is 12.4. The van der Waals surface area contributed by atoms with Gasteiger partial charge >= 0.3 is 5.69 Å². The molecule has 29 heavy (non-hydrogen) atoms. The number of hydrogen-bond donors (Lipinski definition) is 4. The Kier molecular flexibility index (Phi) is 6.83. The number of halogens is 2. The van der Waals surface area contributed by atoms with Crippen LogP contribution in [0.2, 0.25) is 10.0 Å². The minimum absolute atomic E-state index is 0.0479. The third kappa shape index (κ3) is 5.04. The zero-order chi connectivity index (χ0) is 21.9. The molecular weight excluding hydrogens is 423 g/mol. The van der Waals surface area contributed by atoms with Gasteiger partial charge < -0.3 is 16.2 Å². The van der Waals surface area contributed by atoms with Crippen LogP contribution >= 0.6 is 23.2 Å². The van der Waals surface area contributed by atoms with E-state index >= 15 is 0 Å². The third-order valence-electron chi connectivity index (χ3n) is 4.01. The number of nitrogen functional groups attached to an aromatic ring is 1. The van der Waals surface area contributed by atoms with E-state index in [1.54, 1.807) is 6.92 Å². The Labute approximate surface area is 174 Å². The Morgan fingerprint density at radius 1 is 1.38 bits per heavy atom. The molecule has 0 spiro atoms. The van der Waals surface area contributed by atoms with Crippen molar-refractivity contribution in [3.05, 3.63) is 54.7 Å². The van der Waals surface area contributed by atoms with Gasteiger partial charge in [0.15, 0.2) is 5.75 Å². The number of carbonyl (C=O) groups is 1. The van der Waals surface area contributed by atoms with Gasteiger partial charge in [-0.05, 0) is 24.5 Å². The Hall–Kier alpha value is -3.11. The molecule has 0 bridgehead atoms. The summed E-state index contributed by atoms with van der Waals surface area (Å²) in [7, 11) is 0. The van der Waals surface area contributed by atoms with E-state index in [1.807, 2.05) is 11.9 Å². The van der Waals surface area contributed by atoms with Crippen LogP contribution in [-0.4, -0.2) is 26.6 Å². The number of anilines is 1. The highest BCUT2D eigenvalue weighted by atomic mass is 35.5. The van der Waals surface area contributed by atoms with Gasteiger partial charge in [-0.15, -0.1) is 5.10 Å². The minimum Gasteiger partial charge on any atom is -0.436 e. The Bertz CT molecular complexity index is 1100. The Morgan fingerprint density at radius 3 is 2.48 bits per heavy atom. The molecule has 0 aliphatic heterocycles. The van der Waals surface area contributed by atoms with Crippen LogP contribution in [0.1, 0.15) is 20.3 Å². The van der Waals surface area contributed by atoms with E-state index < -0.39 is 28.9 Å². The van der Waals surface area contributed by atoms with Crippen molar-refractivity contribution in [3.8, 4) is 11.4 Å². The molecule has 0 saturated heterocycles. The van der Waals surface area contributed by atoms with Crippen LogP contribution in [0.15, 0.2) is 33.4 Å². The van der Waals surface area contributed by atoms with Gasteiger partial charge in [0, 0.05) is 11.6 Å². The highest BCUT2D eigenvalue weighted by Gasteiger charge is 2.17. The number of carbonyl (C=O) groups excluding carboxylic acids is 1. The molecule has 1 aromatic heterocycles. The number of nitrogens with one attached hydrogen (secondary N) is 2. The van der Waals surface area contributed by atoms with Crippen molar-refractivity contribution < 1.29 is 9.53 Å². The molecule has 1 heterocycles. The molecule has 1 unspecified atom stereocenters. The second-order valence-corrected chi connectivity index (χ2v) is 6.85. The summed E-state index contributed by atoms with van der Waals surface area (Å²) in [5.41, 5.74) is 9.44. The topological polar surface area (TPSA) is 170 Å². The fourth-order valence-electron chi connectivity index (χ4n) is 2.31. The standard InChI is InChI=1S/C17H18Cl2N6O4/c1-3-7(2)9(15(22)26)6-12(20)29-13-10(18)4-8(5-11(13)19)25-17(28)23-16(27)14(21)24-25/h4-7,20H,3H2,1-2H3,(H2,21,24)(H2,22,26)(H,23,27,28)/b9-6-,20-12?. The summed E-state index contributed by atoms with van der Waals surface area (Å²) in [5, 5.41) is 11.6. The normalized spacial score (nSPS) is 12.5. The maximum atomic E-state index is 11.9. The van der Waals surface area contributed by atoms with E-state index in [4.69, 9.17) is 44.8 Å². The average molecular weight is 441 g/mol. The van der Waals surface area contributed by atoms with Crippen LogP contribution in [-0.2, 0) is 4.79 Å². The number of ether oxygens (including phenoxy) is 1. The van der Waals surface area contributed by atoms with E-state index in [2.05, 4.69) is 5.10 Å². The molecule has 0 radical (unpaired) electrons. The number of aromatic amines is 1. The maximum absolute atomic E-state index is 11.9. The first-order chi connectivity index (χ1) is 13.5. The summed E-state index contributed by atoms with van der Waals surface area (Å²) in [4.78, 5) is 36.9. The van der Waals surface area contributed by atoms with Crippen molar-refractivity contribution in [1.82, 2.24) is 14.8 Å². The molecule has 1 amide bonds. The summed E-state index contributed by atoms with van der Waals surface area (Å²) in [5.74, 6) is -1.74. The fraction of sp³-hybridized carbons (Fsp3) is 0.235. The lowest BCUT2D eigenvalue weighted by Crippen LogP contribution is -2.33. The number of primary amides is 1. The van der Waals surface area contributed by atoms with E-state index in [-0.39, 0.29) is 33.0 Å². The molecular formula is C17H18Cl2N6O4. The van der Waals surface area contributed by atoms with Crippen molar-refractivity contribution in [2.75, 3.05) is 5.73 Å². The zero-order valence-electron chi connectivity index (χ0n) is 15.5. The highest BCUT2D eigenvalue weighted by Crippen LogP contribution is 2.35. The van der Waals surface area contributed by atoms with E-state index in [0.29, 0.717) is 6.42 Å². The number of nitrogens with two attached hydrogens (primary N) is 2. The Balaban J connectivity index is 2.41. The van der Waals surface area contributed by atoms with E-state index in [1.165, 1.54) is 18.2 Å².